The first kappa shape index (κ1) is 14.1. The highest BCUT2D eigenvalue weighted by atomic mass is 35.5. The molecule has 3 aromatic rings. The second-order valence-corrected chi connectivity index (χ2v) is 6.27. The third-order valence-corrected chi connectivity index (χ3v) is 4.99. The molecule has 1 N–H and O–H groups in total. The van der Waals surface area contributed by atoms with E-state index in [1.54, 1.807) is 11.3 Å². The predicted molar refractivity (Wildman–Crippen MR) is 88.5 cm³/mol. The lowest BCUT2D eigenvalue weighted by atomic mass is 10.1. The fraction of sp³-hybridized carbons (Fsp3) is 0.118. The lowest BCUT2D eigenvalue weighted by Gasteiger charge is -2.04. The number of halogens is 1. The number of benzene rings is 2. The molecule has 0 spiro atoms. The van der Waals surface area contributed by atoms with Crippen LogP contribution in [0.15, 0.2) is 48.5 Å². The van der Waals surface area contributed by atoms with Crippen molar-refractivity contribution in [2.24, 2.45) is 0 Å². The number of hydrogen-bond donors (Lipinski definition) is 1. The first-order valence-corrected chi connectivity index (χ1v) is 7.83. The van der Waals surface area contributed by atoms with E-state index in [-0.39, 0.29) is 0 Å². The molecule has 0 fully saturated rings. The SMILES string of the molecule is N#Cc1cccc(CNCc2sc3ccccc3c2Cl)c1. The molecule has 0 saturated carbocycles. The zero-order chi connectivity index (χ0) is 14.7. The van der Waals surface area contributed by atoms with Gasteiger partial charge in [-0.2, -0.15) is 5.26 Å². The molecule has 2 nitrogen and oxygen atoms in total. The standard InChI is InChI=1S/C17H13ClN2S/c18-17-14-6-1-2-7-15(14)21-16(17)11-20-10-13-5-3-4-12(8-13)9-19/h1-8,20H,10-11H2. The van der Waals surface area contributed by atoms with Crippen LogP contribution >= 0.6 is 22.9 Å². The Hall–Kier alpha value is -1.86. The summed E-state index contributed by atoms with van der Waals surface area (Å²) in [7, 11) is 0. The van der Waals surface area contributed by atoms with Crippen molar-refractivity contribution in [1.82, 2.24) is 5.32 Å². The van der Waals surface area contributed by atoms with Crippen LogP contribution in [0.3, 0.4) is 0 Å². The Labute approximate surface area is 132 Å². The summed E-state index contributed by atoms with van der Waals surface area (Å²) in [5.74, 6) is 0. The van der Waals surface area contributed by atoms with Crippen LogP contribution in [0.2, 0.25) is 5.02 Å². The van der Waals surface area contributed by atoms with Crippen LogP contribution in [-0.2, 0) is 13.1 Å². The minimum Gasteiger partial charge on any atom is -0.308 e. The van der Waals surface area contributed by atoms with Crippen molar-refractivity contribution in [3.05, 3.63) is 69.6 Å². The Morgan fingerprint density at radius 1 is 1.10 bits per heavy atom. The van der Waals surface area contributed by atoms with Crippen molar-refractivity contribution in [2.75, 3.05) is 0 Å². The van der Waals surface area contributed by atoms with E-state index in [4.69, 9.17) is 16.9 Å². The third kappa shape index (κ3) is 3.08. The van der Waals surface area contributed by atoms with E-state index in [1.165, 1.54) is 4.70 Å². The molecule has 0 radical (unpaired) electrons. The van der Waals surface area contributed by atoms with Crippen LogP contribution in [-0.4, -0.2) is 0 Å². The van der Waals surface area contributed by atoms with Gasteiger partial charge >= 0.3 is 0 Å². The van der Waals surface area contributed by atoms with Crippen molar-refractivity contribution >= 4 is 33.0 Å². The minimum atomic E-state index is 0.689. The maximum absolute atomic E-state index is 8.90. The Balaban J connectivity index is 1.69. The molecular formula is C17H13ClN2S. The molecule has 1 aromatic heterocycles. The monoisotopic (exact) mass is 312 g/mol. The molecule has 0 amide bonds. The van der Waals surface area contributed by atoms with Gasteiger partial charge in [-0.3, -0.25) is 0 Å². The van der Waals surface area contributed by atoms with Gasteiger partial charge in [0, 0.05) is 28.1 Å². The summed E-state index contributed by atoms with van der Waals surface area (Å²) in [6, 6.07) is 18.0. The molecule has 3 rings (SSSR count). The van der Waals surface area contributed by atoms with Gasteiger partial charge in [0.2, 0.25) is 0 Å². The summed E-state index contributed by atoms with van der Waals surface area (Å²) < 4.78 is 1.21. The average molecular weight is 313 g/mol. The molecule has 0 aliphatic carbocycles. The van der Waals surface area contributed by atoms with E-state index >= 15 is 0 Å². The van der Waals surface area contributed by atoms with Crippen LogP contribution in [0.25, 0.3) is 10.1 Å². The zero-order valence-electron chi connectivity index (χ0n) is 11.3. The number of fused-ring (bicyclic) bond motifs is 1. The number of hydrogen-bond acceptors (Lipinski definition) is 3. The predicted octanol–water partition coefficient (Wildman–Crippen LogP) is 4.72. The van der Waals surface area contributed by atoms with Crippen molar-refractivity contribution in [3.63, 3.8) is 0 Å². The number of nitriles is 1. The summed E-state index contributed by atoms with van der Waals surface area (Å²) in [6.45, 7) is 1.45. The van der Waals surface area contributed by atoms with Gasteiger partial charge in [0.15, 0.2) is 0 Å². The Bertz CT molecular complexity index is 817. The maximum Gasteiger partial charge on any atom is 0.0991 e. The Kier molecular flexibility index (Phi) is 4.21. The lowest BCUT2D eigenvalue weighted by Crippen LogP contribution is -2.12. The number of nitrogens with one attached hydrogen (secondary N) is 1. The summed E-state index contributed by atoms with van der Waals surface area (Å²) in [5.41, 5.74) is 1.79. The molecule has 21 heavy (non-hydrogen) atoms. The van der Waals surface area contributed by atoms with Crippen molar-refractivity contribution in [3.8, 4) is 6.07 Å². The fourth-order valence-electron chi connectivity index (χ4n) is 2.25. The second-order valence-electron chi connectivity index (χ2n) is 4.75. The van der Waals surface area contributed by atoms with E-state index in [0.717, 1.165) is 33.9 Å². The molecule has 0 unspecified atom stereocenters. The van der Waals surface area contributed by atoms with Gasteiger partial charge in [-0.05, 0) is 23.8 Å². The molecule has 0 aliphatic heterocycles. The van der Waals surface area contributed by atoms with Gasteiger partial charge < -0.3 is 5.32 Å². The summed E-state index contributed by atoms with van der Waals surface area (Å²) in [5, 5.41) is 14.2. The topological polar surface area (TPSA) is 35.8 Å². The van der Waals surface area contributed by atoms with E-state index < -0.39 is 0 Å². The molecule has 104 valence electrons. The number of rotatable bonds is 4. The van der Waals surface area contributed by atoms with Gasteiger partial charge in [-0.1, -0.05) is 41.9 Å². The van der Waals surface area contributed by atoms with Crippen LogP contribution in [0.4, 0.5) is 0 Å². The van der Waals surface area contributed by atoms with Crippen LogP contribution < -0.4 is 5.32 Å². The summed E-state index contributed by atoms with van der Waals surface area (Å²) in [6.07, 6.45) is 0. The molecule has 1 heterocycles. The van der Waals surface area contributed by atoms with Crippen LogP contribution in [0.5, 0.6) is 0 Å². The maximum atomic E-state index is 8.90. The van der Waals surface area contributed by atoms with E-state index in [1.807, 2.05) is 42.5 Å². The highest BCUT2D eigenvalue weighted by Gasteiger charge is 2.09. The number of nitrogens with zero attached hydrogens (tertiary/aromatic N) is 1. The molecule has 0 atom stereocenters. The molecule has 0 saturated heterocycles. The number of thiophene rings is 1. The van der Waals surface area contributed by atoms with Gasteiger partial charge in [0.25, 0.3) is 0 Å². The molecule has 4 heteroatoms. The second kappa shape index (κ2) is 6.28. The smallest absolute Gasteiger partial charge is 0.0991 e. The van der Waals surface area contributed by atoms with Crippen molar-refractivity contribution in [2.45, 2.75) is 13.1 Å². The quantitative estimate of drug-likeness (QED) is 0.757. The van der Waals surface area contributed by atoms with E-state index in [2.05, 4.69) is 17.5 Å². The summed E-state index contributed by atoms with van der Waals surface area (Å²) >= 11 is 8.13. The van der Waals surface area contributed by atoms with Crippen LogP contribution in [0.1, 0.15) is 16.0 Å². The highest BCUT2D eigenvalue weighted by Crippen LogP contribution is 2.34. The Morgan fingerprint density at radius 2 is 1.95 bits per heavy atom. The Morgan fingerprint density at radius 3 is 2.76 bits per heavy atom. The van der Waals surface area contributed by atoms with Crippen molar-refractivity contribution in [1.29, 1.82) is 5.26 Å². The molecule has 0 aliphatic rings. The highest BCUT2D eigenvalue weighted by molar-refractivity contribution is 7.19. The first-order valence-electron chi connectivity index (χ1n) is 6.63. The van der Waals surface area contributed by atoms with E-state index in [9.17, 15) is 0 Å². The lowest BCUT2D eigenvalue weighted by molar-refractivity contribution is 0.701. The van der Waals surface area contributed by atoms with Gasteiger partial charge in [-0.25, -0.2) is 0 Å². The van der Waals surface area contributed by atoms with Crippen molar-refractivity contribution < 1.29 is 0 Å². The van der Waals surface area contributed by atoms with Gasteiger partial charge in [0.1, 0.15) is 0 Å². The van der Waals surface area contributed by atoms with Crippen LogP contribution in [0, 0.1) is 11.3 Å². The summed E-state index contributed by atoms with van der Waals surface area (Å²) in [4.78, 5) is 1.15. The van der Waals surface area contributed by atoms with E-state index in [0.29, 0.717) is 5.56 Å². The van der Waals surface area contributed by atoms with Gasteiger partial charge in [0.05, 0.1) is 16.7 Å². The molecule has 0 bridgehead atoms. The molecule has 2 aromatic carbocycles. The fourth-order valence-corrected chi connectivity index (χ4v) is 3.72. The third-order valence-electron chi connectivity index (χ3n) is 3.27. The minimum absolute atomic E-state index is 0.689. The first-order chi connectivity index (χ1) is 10.3. The van der Waals surface area contributed by atoms with Gasteiger partial charge in [-0.15, -0.1) is 11.3 Å². The largest absolute Gasteiger partial charge is 0.308 e. The zero-order valence-corrected chi connectivity index (χ0v) is 12.8. The normalized spacial score (nSPS) is 10.7. The average Bonchev–Trinajstić information content (AvgIpc) is 2.84. The molecular weight excluding hydrogens is 300 g/mol.